The molecule has 0 aromatic heterocycles. The summed E-state index contributed by atoms with van der Waals surface area (Å²) in [6, 6.07) is 1.56. The quantitative estimate of drug-likeness (QED) is 0.760. The molecule has 17 heavy (non-hydrogen) atoms. The summed E-state index contributed by atoms with van der Waals surface area (Å²) in [4.78, 5) is 11.3. The molecule has 1 saturated heterocycles. The van der Waals surface area contributed by atoms with Gasteiger partial charge in [0.15, 0.2) is 17.5 Å². The zero-order chi connectivity index (χ0) is 12.6. The molecule has 1 aromatic rings. The van der Waals surface area contributed by atoms with Gasteiger partial charge in [-0.3, -0.25) is 4.79 Å². The number of benzene rings is 1. The van der Waals surface area contributed by atoms with Crippen molar-refractivity contribution in [2.45, 2.75) is 18.4 Å². The normalized spacial score (nSPS) is 23.9. The van der Waals surface area contributed by atoms with E-state index in [0.717, 1.165) is 12.1 Å². The topological polar surface area (TPSA) is 49.3 Å². The number of nitrogens with one attached hydrogen (secondary N) is 1. The lowest BCUT2D eigenvalue weighted by atomic mass is 9.93. The number of rotatable bonds is 2. The van der Waals surface area contributed by atoms with Crippen LogP contribution in [0.1, 0.15) is 12.0 Å². The predicted molar refractivity (Wildman–Crippen MR) is 52.6 cm³/mol. The molecule has 3 nitrogen and oxygen atoms in total. The lowest BCUT2D eigenvalue weighted by Gasteiger charge is -2.19. The minimum Gasteiger partial charge on any atom is -0.380 e. The molecule has 1 fully saturated rings. The van der Waals surface area contributed by atoms with Gasteiger partial charge in [-0.2, -0.15) is 0 Å². The van der Waals surface area contributed by atoms with Crippen LogP contribution in [0.4, 0.5) is 13.2 Å². The Hall–Kier alpha value is -1.56. The van der Waals surface area contributed by atoms with Gasteiger partial charge in [0.05, 0.1) is 0 Å². The molecule has 0 aliphatic carbocycles. The van der Waals surface area contributed by atoms with Crippen LogP contribution >= 0.6 is 0 Å². The van der Waals surface area contributed by atoms with Crippen LogP contribution < -0.4 is 5.32 Å². The van der Waals surface area contributed by atoms with Gasteiger partial charge in [-0.25, -0.2) is 13.2 Å². The largest absolute Gasteiger partial charge is 0.380 e. The number of carbonyl (C=O) groups excluding carboxylic acids is 1. The van der Waals surface area contributed by atoms with Crippen LogP contribution in [0, 0.1) is 17.5 Å². The molecule has 0 saturated carbocycles. The highest BCUT2D eigenvalue weighted by Crippen LogP contribution is 2.23. The smallest absolute Gasteiger partial charge is 0.252 e. The third kappa shape index (κ3) is 2.12. The van der Waals surface area contributed by atoms with Gasteiger partial charge in [-0.05, 0) is 17.7 Å². The number of hydrogen-bond acceptors (Lipinski definition) is 2. The third-order valence-corrected chi connectivity index (χ3v) is 2.79. The molecule has 92 valence electrons. The van der Waals surface area contributed by atoms with E-state index in [1.54, 1.807) is 0 Å². The molecule has 1 amide bonds. The Morgan fingerprint density at radius 2 is 1.88 bits per heavy atom. The van der Waals surface area contributed by atoms with E-state index in [1.807, 2.05) is 0 Å². The molecule has 1 unspecified atom stereocenters. The summed E-state index contributed by atoms with van der Waals surface area (Å²) in [6.45, 7) is 0.307. The fraction of sp³-hybridized carbons (Fsp3) is 0.364. The van der Waals surface area contributed by atoms with E-state index >= 15 is 0 Å². The Bertz CT molecular complexity index is 455. The highest BCUT2D eigenvalue weighted by molar-refractivity contribution is 5.87. The van der Waals surface area contributed by atoms with Crippen LogP contribution in [-0.4, -0.2) is 23.2 Å². The van der Waals surface area contributed by atoms with Crippen molar-refractivity contribution < 1.29 is 23.1 Å². The van der Waals surface area contributed by atoms with E-state index in [-0.39, 0.29) is 18.4 Å². The van der Waals surface area contributed by atoms with Crippen molar-refractivity contribution in [1.29, 1.82) is 0 Å². The fourth-order valence-corrected chi connectivity index (χ4v) is 1.88. The summed E-state index contributed by atoms with van der Waals surface area (Å²) in [5, 5.41) is 12.3. The molecule has 1 aromatic carbocycles. The maximum Gasteiger partial charge on any atom is 0.252 e. The second-order valence-corrected chi connectivity index (χ2v) is 4.09. The Morgan fingerprint density at radius 3 is 2.35 bits per heavy atom. The highest BCUT2D eigenvalue weighted by Gasteiger charge is 2.40. The molecule has 6 heteroatoms. The third-order valence-electron chi connectivity index (χ3n) is 2.79. The van der Waals surface area contributed by atoms with E-state index in [4.69, 9.17) is 0 Å². The molecule has 1 aliphatic heterocycles. The molecule has 2 rings (SSSR count). The van der Waals surface area contributed by atoms with Crippen molar-refractivity contribution in [3.63, 3.8) is 0 Å². The summed E-state index contributed by atoms with van der Waals surface area (Å²) in [7, 11) is 0. The van der Waals surface area contributed by atoms with E-state index in [9.17, 15) is 23.1 Å². The van der Waals surface area contributed by atoms with E-state index < -0.39 is 29.0 Å². The van der Waals surface area contributed by atoms with Crippen LogP contribution in [0.2, 0.25) is 0 Å². The summed E-state index contributed by atoms with van der Waals surface area (Å²) in [5.74, 6) is -4.80. The summed E-state index contributed by atoms with van der Waals surface area (Å²) in [5.41, 5.74) is -1.63. The van der Waals surface area contributed by atoms with Gasteiger partial charge in [-0.1, -0.05) is 0 Å². The SMILES string of the molecule is O=C1NCCC1(O)Cc1cc(F)c(F)c(F)c1. The van der Waals surface area contributed by atoms with Crippen molar-refractivity contribution in [2.24, 2.45) is 0 Å². The molecular weight excluding hydrogens is 235 g/mol. The number of aliphatic hydroxyl groups is 1. The van der Waals surface area contributed by atoms with Crippen LogP contribution in [0.25, 0.3) is 0 Å². The second kappa shape index (κ2) is 4.03. The fourth-order valence-electron chi connectivity index (χ4n) is 1.88. The van der Waals surface area contributed by atoms with E-state index in [0.29, 0.717) is 6.54 Å². The predicted octanol–water partition coefficient (Wildman–Crippen LogP) is 0.897. The van der Waals surface area contributed by atoms with Gasteiger partial charge in [0, 0.05) is 19.4 Å². The van der Waals surface area contributed by atoms with E-state index in [2.05, 4.69) is 5.32 Å². The minimum atomic E-state index is -1.67. The first-order chi connectivity index (χ1) is 7.92. The molecule has 0 radical (unpaired) electrons. The Balaban J connectivity index is 2.28. The highest BCUT2D eigenvalue weighted by atomic mass is 19.2. The summed E-state index contributed by atoms with van der Waals surface area (Å²) in [6.07, 6.45) is -0.0839. The molecule has 1 atom stereocenters. The van der Waals surface area contributed by atoms with Gasteiger partial charge in [0.1, 0.15) is 5.60 Å². The Kier molecular flexibility index (Phi) is 2.82. The number of amides is 1. The van der Waals surface area contributed by atoms with Crippen molar-refractivity contribution in [3.8, 4) is 0 Å². The Labute approximate surface area is 95.3 Å². The monoisotopic (exact) mass is 245 g/mol. The van der Waals surface area contributed by atoms with Crippen molar-refractivity contribution in [2.75, 3.05) is 6.54 Å². The lowest BCUT2D eigenvalue weighted by molar-refractivity contribution is -0.134. The first kappa shape index (κ1) is 11.9. The molecular formula is C11H10F3NO2. The van der Waals surface area contributed by atoms with Crippen molar-refractivity contribution in [3.05, 3.63) is 35.1 Å². The average Bonchev–Trinajstić information content (AvgIpc) is 2.55. The molecule has 0 spiro atoms. The maximum atomic E-state index is 12.9. The Morgan fingerprint density at radius 1 is 1.29 bits per heavy atom. The van der Waals surface area contributed by atoms with Crippen LogP contribution in [-0.2, 0) is 11.2 Å². The van der Waals surface area contributed by atoms with Gasteiger partial charge < -0.3 is 10.4 Å². The van der Waals surface area contributed by atoms with Gasteiger partial charge in [0.25, 0.3) is 5.91 Å². The first-order valence-electron chi connectivity index (χ1n) is 5.06. The molecule has 0 bridgehead atoms. The zero-order valence-electron chi connectivity index (χ0n) is 8.77. The first-order valence-corrected chi connectivity index (χ1v) is 5.06. The van der Waals surface area contributed by atoms with Gasteiger partial charge >= 0.3 is 0 Å². The van der Waals surface area contributed by atoms with Crippen LogP contribution in [0.15, 0.2) is 12.1 Å². The molecule has 1 aliphatic rings. The minimum absolute atomic E-state index is 0.0425. The van der Waals surface area contributed by atoms with Crippen molar-refractivity contribution in [1.82, 2.24) is 5.32 Å². The summed E-state index contributed by atoms with van der Waals surface area (Å²) < 4.78 is 38.6. The molecule has 1 heterocycles. The van der Waals surface area contributed by atoms with Gasteiger partial charge in [0.2, 0.25) is 0 Å². The maximum absolute atomic E-state index is 12.9. The lowest BCUT2D eigenvalue weighted by Crippen LogP contribution is -2.39. The summed E-state index contributed by atoms with van der Waals surface area (Å²) >= 11 is 0. The molecule has 2 N–H and O–H groups in total. The second-order valence-electron chi connectivity index (χ2n) is 4.09. The zero-order valence-corrected chi connectivity index (χ0v) is 8.77. The average molecular weight is 245 g/mol. The van der Waals surface area contributed by atoms with Crippen molar-refractivity contribution >= 4 is 5.91 Å². The van der Waals surface area contributed by atoms with Gasteiger partial charge in [-0.15, -0.1) is 0 Å². The number of carbonyl (C=O) groups is 1. The van der Waals surface area contributed by atoms with Crippen LogP contribution in [0.5, 0.6) is 0 Å². The standard InChI is InChI=1S/C11H10F3NO2/c12-7-3-6(4-8(13)9(7)14)5-11(17)1-2-15-10(11)16/h3-4,17H,1-2,5H2,(H,15,16). The van der Waals surface area contributed by atoms with Crippen LogP contribution in [0.3, 0.4) is 0 Å². The number of halogens is 3. The number of hydrogen-bond donors (Lipinski definition) is 2. The van der Waals surface area contributed by atoms with E-state index in [1.165, 1.54) is 0 Å².